The molecule has 2 aromatic rings. The summed E-state index contributed by atoms with van der Waals surface area (Å²) in [7, 11) is 1.62. The molecule has 0 unspecified atom stereocenters. The molecule has 2 amide bonds. The molecular formula is C18H24ClN5O2S. The fourth-order valence-corrected chi connectivity index (χ4v) is 3.47. The van der Waals surface area contributed by atoms with Crippen molar-refractivity contribution in [1.82, 2.24) is 25.0 Å². The molecule has 0 fully saturated rings. The molecule has 0 saturated carbocycles. The molecule has 9 heteroatoms. The van der Waals surface area contributed by atoms with E-state index >= 15 is 0 Å². The van der Waals surface area contributed by atoms with Crippen LogP contribution in [0.4, 0.5) is 0 Å². The summed E-state index contributed by atoms with van der Waals surface area (Å²) >= 11 is 7.25. The molecule has 0 aliphatic carbocycles. The van der Waals surface area contributed by atoms with Crippen molar-refractivity contribution in [2.75, 3.05) is 19.3 Å². The summed E-state index contributed by atoms with van der Waals surface area (Å²) in [6.45, 7) is 6.47. The van der Waals surface area contributed by atoms with Gasteiger partial charge in [0.25, 0.3) is 0 Å². The van der Waals surface area contributed by atoms with Crippen LogP contribution in [0.1, 0.15) is 20.8 Å². The second kappa shape index (κ2) is 9.75. The maximum atomic E-state index is 12.3. The Labute approximate surface area is 168 Å². The van der Waals surface area contributed by atoms with E-state index in [1.807, 2.05) is 37.5 Å². The Hall–Kier alpha value is -2.06. The van der Waals surface area contributed by atoms with Gasteiger partial charge in [-0.25, -0.2) is 0 Å². The van der Waals surface area contributed by atoms with Crippen molar-refractivity contribution in [2.45, 2.75) is 38.5 Å². The molecular weight excluding hydrogens is 386 g/mol. The molecule has 1 aromatic heterocycles. The minimum absolute atomic E-state index is 0.0358. The molecule has 0 spiro atoms. The Morgan fingerprint density at radius 3 is 2.52 bits per heavy atom. The van der Waals surface area contributed by atoms with Gasteiger partial charge in [-0.05, 0) is 45.0 Å². The zero-order valence-electron chi connectivity index (χ0n) is 15.9. The number of hydrogen-bond acceptors (Lipinski definition) is 5. The molecule has 0 saturated heterocycles. The summed E-state index contributed by atoms with van der Waals surface area (Å²) in [5.41, 5.74) is 0.911. The topological polar surface area (TPSA) is 80.1 Å². The predicted octanol–water partition coefficient (Wildman–Crippen LogP) is 2.69. The van der Waals surface area contributed by atoms with Crippen molar-refractivity contribution in [2.24, 2.45) is 0 Å². The molecule has 0 aliphatic heterocycles. The summed E-state index contributed by atoms with van der Waals surface area (Å²) < 4.78 is 1.95. The third-order valence-corrected chi connectivity index (χ3v) is 4.92. The van der Waals surface area contributed by atoms with Gasteiger partial charge in [0.05, 0.1) is 12.3 Å². The Bertz CT molecular complexity index is 792. The number of amides is 2. The zero-order chi connectivity index (χ0) is 20.0. The number of carbonyl (C=O) groups excluding carboxylic acids is 2. The Balaban J connectivity index is 2.00. The maximum Gasteiger partial charge on any atom is 0.239 e. The molecule has 1 N–H and O–H groups in total. The van der Waals surface area contributed by atoms with E-state index in [1.54, 1.807) is 19.2 Å². The molecule has 1 aromatic carbocycles. The first kappa shape index (κ1) is 21.2. The first-order valence-electron chi connectivity index (χ1n) is 8.67. The Morgan fingerprint density at radius 2 is 1.93 bits per heavy atom. The number of hydrogen-bond donors (Lipinski definition) is 1. The fraction of sp³-hybridized carbons (Fsp3) is 0.444. The lowest BCUT2D eigenvalue weighted by atomic mass is 10.2. The van der Waals surface area contributed by atoms with Crippen LogP contribution in [-0.2, 0) is 16.1 Å². The average molecular weight is 410 g/mol. The van der Waals surface area contributed by atoms with Crippen molar-refractivity contribution in [1.29, 1.82) is 0 Å². The van der Waals surface area contributed by atoms with Crippen LogP contribution >= 0.6 is 23.4 Å². The van der Waals surface area contributed by atoms with E-state index in [2.05, 4.69) is 15.5 Å². The lowest BCUT2D eigenvalue weighted by Crippen LogP contribution is -2.41. The van der Waals surface area contributed by atoms with Crippen molar-refractivity contribution in [3.05, 3.63) is 29.3 Å². The third-order valence-electron chi connectivity index (χ3n) is 3.72. The van der Waals surface area contributed by atoms with Gasteiger partial charge >= 0.3 is 0 Å². The van der Waals surface area contributed by atoms with E-state index in [-0.39, 0.29) is 30.2 Å². The van der Waals surface area contributed by atoms with E-state index in [0.29, 0.717) is 16.7 Å². The second-order valence-corrected chi connectivity index (χ2v) is 7.70. The number of carbonyl (C=O) groups is 2. The van der Waals surface area contributed by atoms with Crippen LogP contribution in [0, 0.1) is 0 Å². The standard InChI is InChI=1S/C18H24ClN5O2S/c1-5-24-17(13-6-8-14(19)9-7-13)21-22-18(24)27-11-16(26)23(4)10-15(25)20-12(2)3/h6-9,12H,5,10-11H2,1-4H3,(H,20,25). The fourth-order valence-electron chi connectivity index (χ4n) is 2.40. The van der Waals surface area contributed by atoms with E-state index in [0.717, 1.165) is 11.4 Å². The van der Waals surface area contributed by atoms with Crippen LogP contribution in [0.25, 0.3) is 11.4 Å². The van der Waals surface area contributed by atoms with Gasteiger partial charge in [-0.1, -0.05) is 23.4 Å². The summed E-state index contributed by atoms with van der Waals surface area (Å²) in [6.07, 6.45) is 0. The molecule has 27 heavy (non-hydrogen) atoms. The molecule has 0 bridgehead atoms. The van der Waals surface area contributed by atoms with Gasteiger partial charge in [0.2, 0.25) is 11.8 Å². The molecule has 146 valence electrons. The van der Waals surface area contributed by atoms with Gasteiger partial charge in [-0.15, -0.1) is 10.2 Å². The summed E-state index contributed by atoms with van der Waals surface area (Å²) in [5, 5.41) is 12.6. The molecule has 0 atom stereocenters. The van der Waals surface area contributed by atoms with Gasteiger partial charge in [0.15, 0.2) is 11.0 Å². The lowest BCUT2D eigenvalue weighted by molar-refractivity contribution is -0.132. The Morgan fingerprint density at radius 1 is 1.26 bits per heavy atom. The van der Waals surface area contributed by atoms with Gasteiger partial charge in [-0.3, -0.25) is 9.59 Å². The number of thioether (sulfide) groups is 1. The highest BCUT2D eigenvalue weighted by molar-refractivity contribution is 7.99. The normalized spacial score (nSPS) is 10.9. The number of likely N-dealkylation sites (N-methyl/N-ethyl adjacent to an activating group) is 1. The van der Waals surface area contributed by atoms with Gasteiger partial charge in [0, 0.05) is 30.2 Å². The van der Waals surface area contributed by atoms with Crippen LogP contribution in [0.15, 0.2) is 29.4 Å². The molecule has 0 aliphatic rings. The average Bonchev–Trinajstić information content (AvgIpc) is 3.02. The Kier molecular flexibility index (Phi) is 7.67. The maximum absolute atomic E-state index is 12.3. The quantitative estimate of drug-likeness (QED) is 0.678. The SMILES string of the molecule is CCn1c(SCC(=O)N(C)CC(=O)NC(C)C)nnc1-c1ccc(Cl)cc1. The number of benzene rings is 1. The highest BCUT2D eigenvalue weighted by Crippen LogP contribution is 2.25. The molecule has 0 radical (unpaired) electrons. The van der Waals surface area contributed by atoms with Gasteiger partial charge < -0.3 is 14.8 Å². The van der Waals surface area contributed by atoms with E-state index in [9.17, 15) is 9.59 Å². The van der Waals surface area contributed by atoms with E-state index in [1.165, 1.54) is 16.7 Å². The minimum Gasteiger partial charge on any atom is -0.352 e. The van der Waals surface area contributed by atoms with Crippen LogP contribution in [0.2, 0.25) is 5.02 Å². The zero-order valence-corrected chi connectivity index (χ0v) is 17.5. The van der Waals surface area contributed by atoms with Crippen LogP contribution in [-0.4, -0.2) is 56.9 Å². The van der Waals surface area contributed by atoms with Crippen molar-refractivity contribution < 1.29 is 9.59 Å². The van der Waals surface area contributed by atoms with Crippen LogP contribution < -0.4 is 5.32 Å². The lowest BCUT2D eigenvalue weighted by Gasteiger charge is -2.17. The second-order valence-electron chi connectivity index (χ2n) is 6.32. The highest BCUT2D eigenvalue weighted by Gasteiger charge is 2.17. The molecule has 2 rings (SSSR count). The number of rotatable bonds is 8. The van der Waals surface area contributed by atoms with Crippen LogP contribution in [0.5, 0.6) is 0 Å². The summed E-state index contributed by atoms with van der Waals surface area (Å²) in [6, 6.07) is 7.43. The molecule has 1 heterocycles. The van der Waals surface area contributed by atoms with Gasteiger partial charge in [-0.2, -0.15) is 0 Å². The van der Waals surface area contributed by atoms with E-state index in [4.69, 9.17) is 11.6 Å². The van der Waals surface area contributed by atoms with E-state index < -0.39 is 0 Å². The first-order valence-corrected chi connectivity index (χ1v) is 10.0. The predicted molar refractivity (Wildman–Crippen MR) is 108 cm³/mol. The highest BCUT2D eigenvalue weighted by atomic mass is 35.5. The van der Waals surface area contributed by atoms with Crippen LogP contribution in [0.3, 0.4) is 0 Å². The monoisotopic (exact) mass is 409 g/mol. The van der Waals surface area contributed by atoms with Gasteiger partial charge in [0.1, 0.15) is 0 Å². The smallest absolute Gasteiger partial charge is 0.239 e. The van der Waals surface area contributed by atoms with Crippen molar-refractivity contribution in [3.63, 3.8) is 0 Å². The number of halogens is 1. The number of nitrogens with one attached hydrogen (secondary N) is 1. The number of aromatic nitrogens is 3. The van der Waals surface area contributed by atoms with Crippen molar-refractivity contribution >= 4 is 35.2 Å². The molecule has 7 nitrogen and oxygen atoms in total. The largest absolute Gasteiger partial charge is 0.352 e. The third kappa shape index (κ3) is 5.97. The van der Waals surface area contributed by atoms with Crippen molar-refractivity contribution in [3.8, 4) is 11.4 Å². The summed E-state index contributed by atoms with van der Waals surface area (Å²) in [4.78, 5) is 25.5. The minimum atomic E-state index is -0.174. The number of nitrogens with zero attached hydrogens (tertiary/aromatic N) is 4. The summed E-state index contributed by atoms with van der Waals surface area (Å²) in [5.74, 6) is 0.600. The first-order chi connectivity index (χ1) is 12.8.